The second-order valence-electron chi connectivity index (χ2n) is 7.97. The molecule has 0 atom stereocenters. The van der Waals surface area contributed by atoms with Crippen LogP contribution in [0.15, 0.2) is 48.5 Å². The molecule has 0 radical (unpaired) electrons. The van der Waals surface area contributed by atoms with Gasteiger partial charge in [0.25, 0.3) is 11.8 Å². The number of nitrogens with one attached hydrogen (secondary N) is 2. The summed E-state index contributed by atoms with van der Waals surface area (Å²) in [4.78, 5) is 25.7. The molecule has 0 saturated carbocycles. The van der Waals surface area contributed by atoms with E-state index in [0.29, 0.717) is 11.1 Å². The molecular formula is C26H17Cl2F3N4O2. The Kier molecular flexibility index (Phi) is 8.44. The van der Waals surface area contributed by atoms with E-state index in [4.69, 9.17) is 28.5 Å². The number of nitriles is 2. The Morgan fingerprint density at radius 1 is 0.919 bits per heavy atom. The van der Waals surface area contributed by atoms with Crippen LogP contribution in [0.5, 0.6) is 0 Å². The van der Waals surface area contributed by atoms with Crippen LogP contribution in [0.2, 0.25) is 10.0 Å². The standard InChI is InChI=1S/C26H17Cl2F3N4O2/c1-14-8-16(12-32)2-5-19(14)25(37)34-22-11-17(3-4-18(22)13-33)24(36)35-23-20(27)9-15(10-21(23)28)6-7-26(29,30)31/h2-5,8-11H,6-7H2,1H3,(H,34,37)(H,35,36). The lowest BCUT2D eigenvalue weighted by Gasteiger charge is -2.14. The molecule has 6 nitrogen and oxygen atoms in total. The summed E-state index contributed by atoms with van der Waals surface area (Å²) in [5, 5.41) is 23.5. The van der Waals surface area contributed by atoms with Crippen LogP contribution in [0.4, 0.5) is 24.5 Å². The largest absolute Gasteiger partial charge is 0.389 e. The summed E-state index contributed by atoms with van der Waals surface area (Å²) >= 11 is 12.3. The first-order valence-corrected chi connectivity index (χ1v) is 11.4. The minimum atomic E-state index is -4.34. The third-order valence-corrected chi connectivity index (χ3v) is 5.88. The molecule has 0 unspecified atom stereocenters. The van der Waals surface area contributed by atoms with Crippen molar-refractivity contribution in [3.05, 3.63) is 92.0 Å². The van der Waals surface area contributed by atoms with Gasteiger partial charge in [-0.15, -0.1) is 0 Å². The van der Waals surface area contributed by atoms with E-state index in [-0.39, 0.29) is 50.1 Å². The molecule has 0 aliphatic heterocycles. The van der Waals surface area contributed by atoms with Crippen LogP contribution < -0.4 is 10.6 Å². The van der Waals surface area contributed by atoms with Crippen LogP contribution in [0.1, 0.15) is 49.4 Å². The highest BCUT2D eigenvalue weighted by Crippen LogP contribution is 2.34. The summed E-state index contributed by atoms with van der Waals surface area (Å²) in [5.41, 5.74) is 1.70. The van der Waals surface area contributed by atoms with Gasteiger partial charge in [0.05, 0.1) is 38.6 Å². The molecule has 11 heteroatoms. The van der Waals surface area contributed by atoms with E-state index in [1.807, 2.05) is 12.1 Å². The van der Waals surface area contributed by atoms with Crippen LogP contribution in [0, 0.1) is 29.6 Å². The Labute approximate surface area is 220 Å². The zero-order valence-corrected chi connectivity index (χ0v) is 20.6. The van der Waals surface area contributed by atoms with E-state index in [9.17, 15) is 28.0 Å². The number of rotatable bonds is 6. The van der Waals surface area contributed by atoms with Gasteiger partial charge < -0.3 is 10.6 Å². The predicted molar refractivity (Wildman–Crippen MR) is 134 cm³/mol. The number of amides is 2. The number of aryl methyl sites for hydroxylation is 2. The summed E-state index contributed by atoms with van der Waals surface area (Å²) in [7, 11) is 0. The zero-order chi connectivity index (χ0) is 27.3. The number of carbonyl (C=O) groups excluding carboxylic acids is 2. The van der Waals surface area contributed by atoms with Crippen molar-refractivity contribution < 1.29 is 22.8 Å². The lowest BCUT2D eigenvalue weighted by molar-refractivity contribution is -0.134. The summed E-state index contributed by atoms with van der Waals surface area (Å²) in [5.74, 6) is -1.22. The summed E-state index contributed by atoms with van der Waals surface area (Å²) in [6, 6.07) is 15.0. The molecule has 2 amide bonds. The summed E-state index contributed by atoms with van der Waals surface area (Å²) in [6.07, 6.45) is -5.71. The highest BCUT2D eigenvalue weighted by Gasteiger charge is 2.27. The number of carbonyl (C=O) groups is 2. The number of anilines is 2. The fraction of sp³-hybridized carbons (Fsp3) is 0.154. The highest BCUT2D eigenvalue weighted by atomic mass is 35.5. The molecular weight excluding hydrogens is 528 g/mol. The van der Waals surface area contributed by atoms with Crippen LogP contribution in [0.3, 0.4) is 0 Å². The van der Waals surface area contributed by atoms with Crippen molar-refractivity contribution in [1.29, 1.82) is 10.5 Å². The Balaban J connectivity index is 1.83. The van der Waals surface area contributed by atoms with Gasteiger partial charge >= 0.3 is 6.18 Å². The Morgan fingerprint density at radius 3 is 2.16 bits per heavy atom. The van der Waals surface area contributed by atoms with Gasteiger partial charge in [0.2, 0.25) is 0 Å². The average molecular weight is 545 g/mol. The van der Waals surface area contributed by atoms with Gasteiger partial charge in [0, 0.05) is 17.5 Å². The smallest absolute Gasteiger partial charge is 0.321 e. The van der Waals surface area contributed by atoms with Gasteiger partial charge in [-0.25, -0.2) is 0 Å². The molecule has 0 fully saturated rings. The van der Waals surface area contributed by atoms with Crippen molar-refractivity contribution in [2.24, 2.45) is 0 Å². The SMILES string of the molecule is Cc1cc(C#N)ccc1C(=O)Nc1cc(C(=O)Nc2c(Cl)cc(CCC(F)(F)F)cc2Cl)ccc1C#N. The van der Waals surface area contributed by atoms with E-state index in [1.165, 1.54) is 42.5 Å². The van der Waals surface area contributed by atoms with Crippen LogP contribution in [-0.4, -0.2) is 18.0 Å². The quantitative estimate of drug-likeness (QED) is 0.346. The minimum Gasteiger partial charge on any atom is -0.321 e. The minimum absolute atomic E-state index is 0.00671. The van der Waals surface area contributed by atoms with Crippen molar-refractivity contribution >= 4 is 46.4 Å². The Morgan fingerprint density at radius 2 is 1.59 bits per heavy atom. The van der Waals surface area contributed by atoms with Crippen LogP contribution in [-0.2, 0) is 6.42 Å². The molecule has 3 rings (SSSR count). The average Bonchev–Trinajstić information content (AvgIpc) is 2.84. The van der Waals surface area contributed by atoms with Crippen molar-refractivity contribution in [3.63, 3.8) is 0 Å². The maximum atomic E-state index is 12.9. The lowest BCUT2D eigenvalue weighted by Crippen LogP contribution is -2.17. The number of halogens is 5. The highest BCUT2D eigenvalue weighted by molar-refractivity contribution is 6.40. The number of benzene rings is 3. The molecule has 0 bridgehead atoms. The van der Waals surface area contributed by atoms with Crippen LogP contribution >= 0.6 is 23.2 Å². The van der Waals surface area contributed by atoms with Crippen LogP contribution in [0.25, 0.3) is 0 Å². The zero-order valence-electron chi connectivity index (χ0n) is 19.1. The number of hydrogen-bond acceptors (Lipinski definition) is 4. The topological polar surface area (TPSA) is 106 Å². The van der Waals surface area contributed by atoms with Crippen molar-refractivity contribution in [3.8, 4) is 12.1 Å². The van der Waals surface area contributed by atoms with Gasteiger partial charge in [-0.05, 0) is 73.0 Å². The molecule has 0 aromatic heterocycles. The first-order valence-electron chi connectivity index (χ1n) is 10.6. The molecule has 0 spiro atoms. The van der Waals surface area contributed by atoms with Gasteiger partial charge in [0.1, 0.15) is 6.07 Å². The molecule has 2 N–H and O–H groups in total. The Hall–Kier alpha value is -4.05. The third-order valence-electron chi connectivity index (χ3n) is 5.29. The van der Waals surface area contributed by atoms with Crippen molar-refractivity contribution in [2.75, 3.05) is 10.6 Å². The van der Waals surface area contributed by atoms with E-state index in [0.717, 1.165) is 0 Å². The maximum Gasteiger partial charge on any atom is 0.389 e. The van der Waals surface area contributed by atoms with Gasteiger partial charge in [-0.3, -0.25) is 9.59 Å². The number of hydrogen-bond donors (Lipinski definition) is 2. The molecule has 0 saturated heterocycles. The fourth-order valence-electron chi connectivity index (χ4n) is 3.43. The van der Waals surface area contributed by atoms with Crippen molar-refractivity contribution in [1.82, 2.24) is 0 Å². The summed E-state index contributed by atoms with van der Waals surface area (Å²) < 4.78 is 37.5. The molecule has 3 aromatic rings. The fourth-order valence-corrected chi connectivity index (χ4v) is 4.05. The predicted octanol–water partition coefficient (Wildman–Crippen LogP) is 7.04. The van der Waals surface area contributed by atoms with E-state index in [1.54, 1.807) is 13.0 Å². The second-order valence-corrected chi connectivity index (χ2v) is 8.79. The Bertz CT molecular complexity index is 1450. The molecule has 0 aliphatic carbocycles. The molecule has 3 aromatic carbocycles. The first-order chi connectivity index (χ1) is 17.4. The normalized spacial score (nSPS) is 10.8. The monoisotopic (exact) mass is 544 g/mol. The lowest BCUT2D eigenvalue weighted by atomic mass is 10.0. The van der Waals surface area contributed by atoms with E-state index >= 15 is 0 Å². The maximum absolute atomic E-state index is 12.9. The van der Waals surface area contributed by atoms with Crippen molar-refractivity contribution in [2.45, 2.75) is 25.9 Å². The molecule has 37 heavy (non-hydrogen) atoms. The van der Waals surface area contributed by atoms with Gasteiger partial charge in [0.15, 0.2) is 0 Å². The number of nitrogens with zero attached hydrogens (tertiary/aromatic N) is 2. The van der Waals surface area contributed by atoms with E-state index in [2.05, 4.69) is 10.6 Å². The van der Waals surface area contributed by atoms with Gasteiger partial charge in [-0.2, -0.15) is 23.7 Å². The van der Waals surface area contributed by atoms with E-state index < -0.39 is 24.4 Å². The van der Waals surface area contributed by atoms with Gasteiger partial charge in [-0.1, -0.05) is 23.2 Å². The molecule has 0 aliphatic rings. The molecule has 188 valence electrons. The number of alkyl halides is 3. The third kappa shape index (κ3) is 7.01. The second kappa shape index (κ2) is 11.3. The summed E-state index contributed by atoms with van der Waals surface area (Å²) in [6.45, 7) is 1.66. The molecule has 0 heterocycles. The first kappa shape index (κ1) is 27.5.